The number of carbonyl (C=O) groups excluding carboxylic acids is 1. The molecule has 1 saturated heterocycles. The molecular formula is C17H30O3. The summed E-state index contributed by atoms with van der Waals surface area (Å²) in [7, 11) is 0. The molecule has 1 heterocycles. The van der Waals surface area contributed by atoms with Crippen LogP contribution in [0, 0.1) is 0 Å². The third-order valence-electron chi connectivity index (χ3n) is 3.78. The van der Waals surface area contributed by atoms with Crippen molar-refractivity contribution in [1.29, 1.82) is 0 Å². The molecule has 0 spiro atoms. The molecule has 1 aliphatic rings. The van der Waals surface area contributed by atoms with Gasteiger partial charge in [0.15, 0.2) is 11.6 Å². The van der Waals surface area contributed by atoms with Gasteiger partial charge in [-0.1, -0.05) is 45.6 Å². The Balaban J connectivity index is 2.36. The standard InChI is InChI=1S/C17H30O3/c1-5-7-8-9-10-11-15-16(13-12-14(18)6-2)20-17(3,4)19-15/h6,15-16H,2,5,7-13H2,1,3-4H3/t15-,16-/m1/s1. The van der Waals surface area contributed by atoms with Crippen molar-refractivity contribution in [2.75, 3.05) is 0 Å². The first-order valence-corrected chi connectivity index (χ1v) is 7.99. The first-order chi connectivity index (χ1) is 9.48. The molecule has 0 aliphatic carbocycles. The zero-order chi connectivity index (χ0) is 15.0. The summed E-state index contributed by atoms with van der Waals surface area (Å²) in [5.74, 6) is -0.435. The zero-order valence-corrected chi connectivity index (χ0v) is 13.3. The predicted molar refractivity (Wildman–Crippen MR) is 81.6 cm³/mol. The second-order valence-corrected chi connectivity index (χ2v) is 6.12. The molecule has 1 aliphatic heterocycles. The fraction of sp³-hybridized carbons (Fsp3) is 0.824. The Kier molecular flexibility index (Phi) is 7.46. The summed E-state index contributed by atoms with van der Waals surface area (Å²) in [5, 5.41) is 0. The van der Waals surface area contributed by atoms with Crippen molar-refractivity contribution in [1.82, 2.24) is 0 Å². The number of hydrogen-bond donors (Lipinski definition) is 0. The van der Waals surface area contributed by atoms with Gasteiger partial charge in [-0.25, -0.2) is 0 Å². The van der Waals surface area contributed by atoms with Crippen molar-refractivity contribution in [2.24, 2.45) is 0 Å². The summed E-state index contributed by atoms with van der Waals surface area (Å²) >= 11 is 0. The average Bonchev–Trinajstić information content (AvgIpc) is 2.70. The monoisotopic (exact) mass is 282 g/mol. The Bertz CT molecular complexity index is 309. The minimum Gasteiger partial charge on any atom is -0.345 e. The molecule has 3 nitrogen and oxygen atoms in total. The van der Waals surface area contributed by atoms with E-state index in [4.69, 9.17) is 9.47 Å². The van der Waals surface area contributed by atoms with Crippen LogP contribution in [0.4, 0.5) is 0 Å². The van der Waals surface area contributed by atoms with E-state index in [1.807, 2.05) is 13.8 Å². The lowest BCUT2D eigenvalue weighted by Crippen LogP contribution is -2.23. The highest BCUT2D eigenvalue weighted by atomic mass is 16.7. The maximum atomic E-state index is 11.4. The van der Waals surface area contributed by atoms with Gasteiger partial charge in [-0.05, 0) is 32.8 Å². The number of allylic oxidation sites excluding steroid dienone is 1. The van der Waals surface area contributed by atoms with Crippen molar-refractivity contribution >= 4 is 5.78 Å². The van der Waals surface area contributed by atoms with Gasteiger partial charge >= 0.3 is 0 Å². The quantitative estimate of drug-likeness (QED) is 0.440. The van der Waals surface area contributed by atoms with Crippen LogP contribution >= 0.6 is 0 Å². The Labute approximate surface area is 123 Å². The van der Waals surface area contributed by atoms with E-state index in [2.05, 4.69) is 13.5 Å². The van der Waals surface area contributed by atoms with Crippen LogP contribution in [0.15, 0.2) is 12.7 Å². The van der Waals surface area contributed by atoms with Gasteiger partial charge in [0, 0.05) is 6.42 Å². The molecule has 2 atom stereocenters. The van der Waals surface area contributed by atoms with Crippen LogP contribution in [0.2, 0.25) is 0 Å². The summed E-state index contributed by atoms with van der Waals surface area (Å²) in [6, 6.07) is 0. The van der Waals surface area contributed by atoms with Gasteiger partial charge in [0.25, 0.3) is 0 Å². The van der Waals surface area contributed by atoms with Gasteiger partial charge in [-0.3, -0.25) is 4.79 Å². The molecule has 0 amide bonds. The van der Waals surface area contributed by atoms with Crippen LogP contribution in [0.25, 0.3) is 0 Å². The van der Waals surface area contributed by atoms with Crippen LogP contribution in [0.1, 0.15) is 72.1 Å². The average molecular weight is 282 g/mol. The molecule has 0 N–H and O–H groups in total. The maximum absolute atomic E-state index is 11.4. The Hall–Kier alpha value is -0.670. The third kappa shape index (κ3) is 6.19. The van der Waals surface area contributed by atoms with Crippen molar-refractivity contribution in [3.8, 4) is 0 Å². The van der Waals surface area contributed by atoms with Gasteiger partial charge < -0.3 is 9.47 Å². The summed E-state index contributed by atoms with van der Waals surface area (Å²) in [4.78, 5) is 11.4. The molecule has 0 unspecified atom stereocenters. The summed E-state index contributed by atoms with van der Waals surface area (Å²) in [6.45, 7) is 9.64. The molecule has 3 heteroatoms. The third-order valence-corrected chi connectivity index (χ3v) is 3.78. The molecule has 0 aromatic heterocycles. The van der Waals surface area contributed by atoms with E-state index in [1.165, 1.54) is 38.2 Å². The molecule has 0 saturated carbocycles. The second-order valence-electron chi connectivity index (χ2n) is 6.12. The van der Waals surface area contributed by atoms with E-state index in [0.717, 1.165) is 12.8 Å². The normalized spacial score (nSPS) is 24.8. The van der Waals surface area contributed by atoms with Crippen LogP contribution in [0.3, 0.4) is 0 Å². The lowest BCUT2D eigenvalue weighted by molar-refractivity contribution is -0.147. The highest BCUT2D eigenvalue weighted by Crippen LogP contribution is 2.33. The van der Waals surface area contributed by atoms with Crippen LogP contribution in [-0.4, -0.2) is 23.8 Å². The lowest BCUT2D eigenvalue weighted by Gasteiger charge is -2.16. The number of rotatable bonds is 10. The Morgan fingerprint density at radius 2 is 1.70 bits per heavy atom. The van der Waals surface area contributed by atoms with Gasteiger partial charge in [0.2, 0.25) is 0 Å². The van der Waals surface area contributed by atoms with Crippen molar-refractivity contribution in [3.05, 3.63) is 12.7 Å². The molecule has 0 radical (unpaired) electrons. The fourth-order valence-corrected chi connectivity index (χ4v) is 2.73. The van der Waals surface area contributed by atoms with E-state index in [1.54, 1.807) is 0 Å². The Morgan fingerprint density at radius 1 is 1.10 bits per heavy atom. The highest BCUT2D eigenvalue weighted by molar-refractivity contribution is 5.88. The van der Waals surface area contributed by atoms with Crippen molar-refractivity contribution < 1.29 is 14.3 Å². The van der Waals surface area contributed by atoms with Crippen LogP contribution in [0.5, 0.6) is 0 Å². The van der Waals surface area contributed by atoms with E-state index >= 15 is 0 Å². The zero-order valence-electron chi connectivity index (χ0n) is 13.3. The van der Waals surface area contributed by atoms with Gasteiger partial charge in [0.05, 0.1) is 12.2 Å². The molecule has 0 bridgehead atoms. The minimum atomic E-state index is -0.518. The SMILES string of the molecule is C=CC(=O)CC[C@H]1OC(C)(C)O[C@@H]1CCCCCCC. The van der Waals surface area contributed by atoms with E-state index < -0.39 is 5.79 Å². The van der Waals surface area contributed by atoms with E-state index in [-0.39, 0.29) is 18.0 Å². The number of ketones is 1. The molecule has 0 aromatic rings. The first-order valence-electron chi connectivity index (χ1n) is 7.99. The smallest absolute Gasteiger partial charge is 0.163 e. The molecule has 1 fully saturated rings. The molecular weight excluding hydrogens is 252 g/mol. The second kappa shape index (κ2) is 8.58. The van der Waals surface area contributed by atoms with Gasteiger partial charge in [-0.2, -0.15) is 0 Å². The first kappa shape index (κ1) is 17.4. The Morgan fingerprint density at radius 3 is 2.30 bits per heavy atom. The van der Waals surface area contributed by atoms with Gasteiger partial charge in [0.1, 0.15) is 0 Å². The minimum absolute atomic E-state index is 0.0417. The van der Waals surface area contributed by atoms with Crippen LogP contribution < -0.4 is 0 Å². The number of carbonyl (C=O) groups is 1. The predicted octanol–water partition coefficient (Wildman–Crippen LogP) is 4.40. The number of unbranched alkanes of at least 4 members (excludes halogenated alkanes) is 4. The molecule has 1 rings (SSSR count). The largest absolute Gasteiger partial charge is 0.345 e. The fourth-order valence-electron chi connectivity index (χ4n) is 2.73. The summed E-state index contributed by atoms with van der Waals surface area (Å²) in [5.41, 5.74) is 0. The summed E-state index contributed by atoms with van der Waals surface area (Å²) < 4.78 is 11.9. The summed E-state index contributed by atoms with van der Waals surface area (Å²) in [6.07, 6.45) is 10.1. The molecule has 20 heavy (non-hydrogen) atoms. The topological polar surface area (TPSA) is 35.5 Å². The number of hydrogen-bond acceptors (Lipinski definition) is 3. The van der Waals surface area contributed by atoms with E-state index in [9.17, 15) is 4.79 Å². The van der Waals surface area contributed by atoms with E-state index in [0.29, 0.717) is 6.42 Å². The highest BCUT2D eigenvalue weighted by Gasteiger charge is 2.40. The maximum Gasteiger partial charge on any atom is 0.163 e. The molecule has 0 aromatic carbocycles. The number of ether oxygens (including phenoxy) is 2. The van der Waals surface area contributed by atoms with Crippen LogP contribution in [-0.2, 0) is 14.3 Å². The van der Waals surface area contributed by atoms with Crippen molar-refractivity contribution in [3.63, 3.8) is 0 Å². The lowest BCUT2D eigenvalue weighted by atomic mass is 10.0. The molecule has 116 valence electrons. The van der Waals surface area contributed by atoms with Gasteiger partial charge in [-0.15, -0.1) is 0 Å². The van der Waals surface area contributed by atoms with Crippen molar-refractivity contribution in [2.45, 2.75) is 90.1 Å².